The van der Waals surface area contributed by atoms with Crippen LogP contribution in [0.5, 0.6) is 5.75 Å². The number of carbonyl (C=O) groups is 1. The molecular weight excluding hydrogens is 440 g/mol. The molecule has 0 aromatic heterocycles. The normalized spacial score (nSPS) is 16.2. The number of morpholine rings is 1. The van der Waals surface area contributed by atoms with E-state index in [9.17, 15) is 13.2 Å². The first kappa shape index (κ1) is 23.5. The number of halogens is 1. The van der Waals surface area contributed by atoms with Gasteiger partial charge in [-0.05, 0) is 41.8 Å². The molecule has 0 bridgehead atoms. The lowest BCUT2D eigenvalue weighted by Gasteiger charge is -2.27. The van der Waals surface area contributed by atoms with Gasteiger partial charge in [-0.3, -0.25) is 4.79 Å². The van der Waals surface area contributed by atoms with Gasteiger partial charge >= 0.3 is 0 Å². The van der Waals surface area contributed by atoms with E-state index in [0.717, 1.165) is 5.56 Å². The largest absolute Gasteiger partial charge is 0.495 e. The van der Waals surface area contributed by atoms with Crippen molar-refractivity contribution in [2.45, 2.75) is 24.8 Å². The number of hydrogen-bond donors (Lipinski definition) is 1. The van der Waals surface area contributed by atoms with Crippen molar-refractivity contribution in [1.82, 2.24) is 9.62 Å². The summed E-state index contributed by atoms with van der Waals surface area (Å²) in [5.41, 5.74) is 1.16. The average Bonchev–Trinajstić information content (AvgIpc) is 2.78. The van der Waals surface area contributed by atoms with Gasteiger partial charge in [-0.15, -0.1) is 0 Å². The van der Waals surface area contributed by atoms with Crippen LogP contribution in [0.25, 0.3) is 0 Å². The third-order valence-electron chi connectivity index (χ3n) is 5.20. The van der Waals surface area contributed by atoms with E-state index in [2.05, 4.69) is 5.32 Å². The molecule has 0 aliphatic carbocycles. The minimum Gasteiger partial charge on any atom is -0.495 e. The first-order chi connectivity index (χ1) is 14.7. The van der Waals surface area contributed by atoms with Gasteiger partial charge < -0.3 is 14.8 Å². The Morgan fingerprint density at radius 2 is 1.77 bits per heavy atom. The molecule has 2 aromatic carbocycles. The minimum atomic E-state index is -3.83. The van der Waals surface area contributed by atoms with Crippen molar-refractivity contribution in [3.05, 3.63) is 58.6 Å². The van der Waals surface area contributed by atoms with Crippen molar-refractivity contribution in [3.63, 3.8) is 0 Å². The van der Waals surface area contributed by atoms with Gasteiger partial charge in [0.25, 0.3) is 5.91 Å². The van der Waals surface area contributed by atoms with Crippen molar-refractivity contribution >= 4 is 27.5 Å². The average molecular weight is 467 g/mol. The fraction of sp³-hybridized carbons (Fsp3) is 0.409. The molecule has 1 amide bonds. The Morgan fingerprint density at radius 1 is 1.13 bits per heavy atom. The molecule has 1 heterocycles. The van der Waals surface area contributed by atoms with Gasteiger partial charge in [-0.1, -0.05) is 37.6 Å². The maximum atomic E-state index is 13.2. The van der Waals surface area contributed by atoms with Gasteiger partial charge in [0.15, 0.2) is 0 Å². The second-order valence-electron chi connectivity index (χ2n) is 7.63. The highest BCUT2D eigenvalue weighted by Crippen LogP contribution is 2.29. The number of benzene rings is 2. The first-order valence-electron chi connectivity index (χ1n) is 10.1. The molecule has 1 unspecified atom stereocenters. The van der Waals surface area contributed by atoms with Crippen LogP contribution in [-0.2, 0) is 14.8 Å². The molecule has 1 N–H and O–H groups in total. The molecule has 1 aliphatic rings. The van der Waals surface area contributed by atoms with Crippen LogP contribution in [0.1, 0.15) is 35.8 Å². The molecule has 0 radical (unpaired) electrons. The molecular formula is C22H27ClN2O5S. The molecule has 1 atom stereocenters. The summed E-state index contributed by atoms with van der Waals surface area (Å²) in [4.78, 5) is 13.0. The van der Waals surface area contributed by atoms with Crippen LogP contribution in [0, 0.1) is 5.92 Å². The minimum absolute atomic E-state index is 0.0304. The van der Waals surface area contributed by atoms with Gasteiger partial charge in [-0.25, -0.2) is 8.42 Å². The molecule has 31 heavy (non-hydrogen) atoms. The third-order valence-corrected chi connectivity index (χ3v) is 7.37. The molecule has 1 fully saturated rings. The summed E-state index contributed by atoms with van der Waals surface area (Å²) in [6.07, 6.45) is 0. The van der Waals surface area contributed by atoms with E-state index in [-0.39, 0.29) is 47.2 Å². The van der Waals surface area contributed by atoms with E-state index in [1.807, 2.05) is 26.0 Å². The number of carbonyl (C=O) groups excluding carboxylic acids is 1. The number of ether oxygens (including phenoxy) is 2. The van der Waals surface area contributed by atoms with E-state index >= 15 is 0 Å². The first-order valence-corrected chi connectivity index (χ1v) is 11.9. The summed E-state index contributed by atoms with van der Waals surface area (Å²) in [7, 11) is -2.42. The maximum absolute atomic E-state index is 13.2. The molecule has 1 aliphatic heterocycles. The van der Waals surface area contributed by atoms with Crippen molar-refractivity contribution < 1.29 is 22.7 Å². The lowest BCUT2D eigenvalue weighted by atomic mass is 9.95. The van der Waals surface area contributed by atoms with Crippen LogP contribution in [0.4, 0.5) is 0 Å². The van der Waals surface area contributed by atoms with Crippen LogP contribution in [0.2, 0.25) is 5.02 Å². The van der Waals surface area contributed by atoms with E-state index < -0.39 is 10.0 Å². The van der Waals surface area contributed by atoms with E-state index in [4.69, 9.17) is 21.1 Å². The number of hydrogen-bond acceptors (Lipinski definition) is 5. The number of rotatable bonds is 7. The monoisotopic (exact) mass is 466 g/mol. The fourth-order valence-electron chi connectivity index (χ4n) is 3.48. The Labute approximate surface area is 188 Å². The van der Waals surface area contributed by atoms with E-state index in [1.54, 1.807) is 18.2 Å². The Bertz CT molecular complexity index is 1020. The number of nitrogens with one attached hydrogen (secondary N) is 1. The summed E-state index contributed by atoms with van der Waals surface area (Å²) in [5.74, 6) is -0.0594. The Morgan fingerprint density at radius 3 is 2.35 bits per heavy atom. The SMILES string of the molecule is COc1ccc(C(=O)NC(c2ccc(Cl)cc2)C(C)C)cc1S(=O)(=O)N1CCOCC1. The lowest BCUT2D eigenvalue weighted by Crippen LogP contribution is -2.40. The highest BCUT2D eigenvalue weighted by molar-refractivity contribution is 7.89. The number of nitrogens with zero attached hydrogens (tertiary/aromatic N) is 1. The summed E-state index contributed by atoms with van der Waals surface area (Å²) in [6, 6.07) is 11.5. The van der Waals surface area contributed by atoms with Crippen molar-refractivity contribution in [3.8, 4) is 5.75 Å². The number of methoxy groups -OCH3 is 1. The van der Waals surface area contributed by atoms with Crippen LogP contribution >= 0.6 is 11.6 Å². The smallest absolute Gasteiger partial charge is 0.251 e. The second-order valence-corrected chi connectivity index (χ2v) is 9.97. The second kappa shape index (κ2) is 9.99. The molecule has 9 heteroatoms. The fourth-order valence-corrected chi connectivity index (χ4v) is 5.19. The van der Waals surface area contributed by atoms with Crippen molar-refractivity contribution in [1.29, 1.82) is 0 Å². The van der Waals surface area contributed by atoms with Gasteiger partial charge in [0, 0.05) is 23.7 Å². The molecule has 2 aromatic rings. The summed E-state index contributed by atoms with van der Waals surface area (Å²) in [6.45, 7) is 5.18. The predicted octanol–water partition coefficient (Wildman–Crippen LogP) is 3.50. The Kier molecular flexibility index (Phi) is 7.59. The quantitative estimate of drug-likeness (QED) is 0.675. The van der Waals surface area contributed by atoms with E-state index in [0.29, 0.717) is 18.2 Å². The lowest BCUT2D eigenvalue weighted by molar-refractivity contribution is 0.0729. The van der Waals surface area contributed by atoms with Crippen molar-refractivity contribution in [2.75, 3.05) is 33.4 Å². The van der Waals surface area contributed by atoms with Gasteiger partial charge in [-0.2, -0.15) is 4.31 Å². The zero-order valence-electron chi connectivity index (χ0n) is 17.8. The topological polar surface area (TPSA) is 84.9 Å². The molecule has 168 valence electrons. The van der Waals surface area contributed by atoms with Gasteiger partial charge in [0.1, 0.15) is 10.6 Å². The summed E-state index contributed by atoms with van der Waals surface area (Å²) in [5, 5.41) is 3.63. The molecule has 0 saturated carbocycles. The maximum Gasteiger partial charge on any atom is 0.251 e. The zero-order chi connectivity index (χ0) is 22.6. The highest BCUT2D eigenvalue weighted by Gasteiger charge is 2.30. The predicted molar refractivity (Wildman–Crippen MR) is 119 cm³/mol. The zero-order valence-corrected chi connectivity index (χ0v) is 19.4. The highest BCUT2D eigenvalue weighted by atomic mass is 35.5. The van der Waals surface area contributed by atoms with Crippen LogP contribution in [0.3, 0.4) is 0 Å². The standard InChI is InChI=1S/C22H27ClN2O5S/c1-15(2)21(16-4-7-18(23)8-5-16)24-22(26)17-6-9-19(29-3)20(14-17)31(27,28)25-10-12-30-13-11-25/h4-9,14-15,21H,10-13H2,1-3H3,(H,24,26). The van der Waals surface area contributed by atoms with Gasteiger partial charge in [0.05, 0.1) is 26.4 Å². The summed E-state index contributed by atoms with van der Waals surface area (Å²) >= 11 is 5.98. The van der Waals surface area contributed by atoms with Crippen LogP contribution in [0.15, 0.2) is 47.4 Å². The van der Waals surface area contributed by atoms with Crippen molar-refractivity contribution in [2.24, 2.45) is 5.92 Å². The van der Waals surface area contributed by atoms with E-state index in [1.165, 1.54) is 23.5 Å². The molecule has 3 rings (SSSR count). The molecule has 7 nitrogen and oxygen atoms in total. The number of sulfonamides is 1. The Hall–Kier alpha value is -2.13. The Balaban J connectivity index is 1.90. The van der Waals surface area contributed by atoms with Crippen LogP contribution < -0.4 is 10.1 Å². The van der Waals surface area contributed by atoms with Crippen LogP contribution in [-0.4, -0.2) is 52.0 Å². The van der Waals surface area contributed by atoms with Gasteiger partial charge in [0.2, 0.25) is 10.0 Å². The molecule has 1 saturated heterocycles. The number of amides is 1. The summed E-state index contributed by atoms with van der Waals surface area (Å²) < 4.78 is 38.2. The third kappa shape index (κ3) is 5.38. The molecule has 0 spiro atoms.